The van der Waals surface area contributed by atoms with Gasteiger partial charge in [0.1, 0.15) is 5.78 Å². The third kappa shape index (κ3) is 5.70. The first-order valence-corrected chi connectivity index (χ1v) is 15.3. The third-order valence-electron chi connectivity index (χ3n) is 8.34. The molecule has 1 saturated heterocycles. The number of hydrogen-bond donors (Lipinski definition) is 1. The SMILES string of the molecule is CNC(C)C(=O)CC(C(=O)N1CCCC1Cn1cc(S(C)(=O)=O)c2cc(C)ccc21)C1CCCCC1. The second kappa shape index (κ2) is 11.1. The van der Waals surface area contributed by atoms with Gasteiger partial charge in [-0.25, -0.2) is 8.42 Å². The summed E-state index contributed by atoms with van der Waals surface area (Å²) < 4.78 is 27.0. The van der Waals surface area contributed by atoms with Crippen LogP contribution in [0.25, 0.3) is 10.9 Å². The predicted octanol–water partition coefficient (Wildman–Crippen LogP) is 4.11. The number of aromatic nitrogens is 1. The molecular formula is C28H41N3O4S. The van der Waals surface area contributed by atoms with Crippen LogP contribution in [0, 0.1) is 18.8 Å². The van der Waals surface area contributed by atoms with Crippen molar-refractivity contribution < 1.29 is 18.0 Å². The highest BCUT2D eigenvalue weighted by molar-refractivity contribution is 7.91. The molecule has 7 nitrogen and oxygen atoms in total. The minimum absolute atomic E-state index is 0.00951. The first-order valence-electron chi connectivity index (χ1n) is 13.4. The van der Waals surface area contributed by atoms with Crippen LogP contribution in [0.3, 0.4) is 0 Å². The van der Waals surface area contributed by atoms with Crippen LogP contribution in [-0.2, 0) is 26.0 Å². The molecule has 1 aliphatic carbocycles. The van der Waals surface area contributed by atoms with Crippen LogP contribution in [-0.4, -0.2) is 61.5 Å². The predicted molar refractivity (Wildman–Crippen MR) is 143 cm³/mol. The van der Waals surface area contributed by atoms with E-state index in [-0.39, 0.29) is 35.6 Å². The minimum atomic E-state index is -3.39. The first-order chi connectivity index (χ1) is 17.1. The Balaban J connectivity index is 1.61. The van der Waals surface area contributed by atoms with Gasteiger partial charge in [0.15, 0.2) is 9.84 Å². The summed E-state index contributed by atoms with van der Waals surface area (Å²) in [6.45, 7) is 5.07. The smallest absolute Gasteiger partial charge is 0.226 e. The topological polar surface area (TPSA) is 88.5 Å². The fourth-order valence-corrected chi connectivity index (χ4v) is 7.01. The number of sulfone groups is 1. The maximum atomic E-state index is 14.0. The molecule has 3 atom stereocenters. The third-order valence-corrected chi connectivity index (χ3v) is 9.46. The van der Waals surface area contributed by atoms with Crippen molar-refractivity contribution in [2.45, 2.75) is 88.7 Å². The number of likely N-dealkylation sites (tertiary alicyclic amines) is 1. The number of nitrogens with zero attached hydrogens (tertiary/aromatic N) is 2. The lowest BCUT2D eigenvalue weighted by atomic mass is 9.76. The molecule has 2 aromatic rings. The quantitative estimate of drug-likeness (QED) is 0.543. The molecule has 0 bridgehead atoms. The van der Waals surface area contributed by atoms with Crippen molar-refractivity contribution >= 4 is 32.4 Å². The molecule has 1 N–H and O–H groups in total. The molecular weight excluding hydrogens is 474 g/mol. The van der Waals surface area contributed by atoms with E-state index in [9.17, 15) is 18.0 Å². The molecule has 0 radical (unpaired) electrons. The number of nitrogens with one attached hydrogen (secondary N) is 1. The monoisotopic (exact) mass is 515 g/mol. The van der Waals surface area contributed by atoms with Gasteiger partial charge in [0.05, 0.1) is 10.9 Å². The van der Waals surface area contributed by atoms with Crippen LogP contribution >= 0.6 is 0 Å². The van der Waals surface area contributed by atoms with Gasteiger partial charge in [-0.3, -0.25) is 9.59 Å². The Morgan fingerprint density at radius 2 is 1.83 bits per heavy atom. The molecule has 3 unspecified atom stereocenters. The molecule has 1 saturated carbocycles. The number of ketones is 1. The molecule has 0 spiro atoms. The normalized spacial score (nSPS) is 21.1. The Morgan fingerprint density at radius 3 is 2.50 bits per heavy atom. The highest BCUT2D eigenvalue weighted by Crippen LogP contribution is 2.36. The summed E-state index contributed by atoms with van der Waals surface area (Å²) in [5.74, 6) is 0.191. The van der Waals surface area contributed by atoms with Gasteiger partial charge >= 0.3 is 0 Å². The maximum Gasteiger partial charge on any atom is 0.226 e. The Bertz CT molecular complexity index is 1210. The van der Waals surface area contributed by atoms with Gasteiger partial charge in [0.2, 0.25) is 5.91 Å². The number of carbonyl (C=O) groups is 2. The van der Waals surface area contributed by atoms with Gasteiger partial charge in [0.25, 0.3) is 0 Å². The average molecular weight is 516 g/mol. The standard InChI is InChI=1S/C28H41N3O4S/c1-19-12-13-25-24(15-19)27(36(4,34)35)18-30(25)17-22-11-8-14-31(22)28(33)23(16-26(32)20(2)29-3)21-9-6-5-7-10-21/h12-13,15,18,20-23,29H,5-11,14,16-17H2,1-4H3. The van der Waals surface area contributed by atoms with Crippen LogP contribution in [0.15, 0.2) is 29.3 Å². The van der Waals surface area contributed by atoms with Crippen molar-refractivity contribution in [2.75, 3.05) is 19.8 Å². The highest BCUT2D eigenvalue weighted by atomic mass is 32.2. The number of Topliss-reactive ketones (excluding diaryl/α,β-unsaturated/α-hetero) is 1. The lowest BCUT2D eigenvalue weighted by molar-refractivity contribution is -0.141. The number of amides is 1. The zero-order valence-corrected chi connectivity index (χ0v) is 22.9. The molecule has 36 heavy (non-hydrogen) atoms. The number of aryl methyl sites for hydroxylation is 1. The first kappa shape index (κ1) is 26.9. The maximum absolute atomic E-state index is 14.0. The van der Waals surface area contributed by atoms with Crippen molar-refractivity contribution in [3.05, 3.63) is 30.0 Å². The van der Waals surface area contributed by atoms with E-state index in [4.69, 9.17) is 0 Å². The van der Waals surface area contributed by atoms with Crippen molar-refractivity contribution in [1.82, 2.24) is 14.8 Å². The summed E-state index contributed by atoms with van der Waals surface area (Å²) in [6.07, 6.45) is 10.5. The van der Waals surface area contributed by atoms with Gasteiger partial charge in [-0.15, -0.1) is 0 Å². The summed E-state index contributed by atoms with van der Waals surface area (Å²) in [6, 6.07) is 5.62. The fraction of sp³-hybridized carbons (Fsp3) is 0.643. The van der Waals surface area contributed by atoms with Gasteiger partial charge < -0.3 is 14.8 Å². The molecule has 1 aliphatic heterocycles. The zero-order valence-electron chi connectivity index (χ0n) is 22.1. The van der Waals surface area contributed by atoms with Crippen molar-refractivity contribution in [3.63, 3.8) is 0 Å². The van der Waals surface area contributed by atoms with E-state index < -0.39 is 9.84 Å². The van der Waals surface area contributed by atoms with E-state index in [2.05, 4.69) is 5.32 Å². The van der Waals surface area contributed by atoms with Gasteiger partial charge in [-0.1, -0.05) is 30.9 Å². The lowest BCUT2D eigenvalue weighted by Crippen LogP contribution is -2.45. The summed E-state index contributed by atoms with van der Waals surface area (Å²) in [5, 5.41) is 3.77. The van der Waals surface area contributed by atoms with Gasteiger partial charge in [-0.05, 0) is 64.6 Å². The van der Waals surface area contributed by atoms with Crippen LogP contribution in [0.1, 0.15) is 63.9 Å². The van der Waals surface area contributed by atoms with Crippen LogP contribution < -0.4 is 5.32 Å². The average Bonchev–Trinajstić information content (AvgIpc) is 3.46. The number of hydrogen-bond acceptors (Lipinski definition) is 5. The van der Waals surface area contributed by atoms with Gasteiger partial charge in [-0.2, -0.15) is 0 Å². The Labute approximate surface area is 215 Å². The van der Waals surface area contributed by atoms with E-state index in [1.807, 2.05) is 41.5 Å². The number of carbonyl (C=O) groups excluding carboxylic acids is 2. The summed E-state index contributed by atoms with van der Waals surface area (Å²) in [5.41, 5.74) is 1.89. The van der Waals surface area contributed by atoms with E-state index in [1.54, 1.807) is 13.2 Å². The molecule has 1 amide bonds. The molecule has 2 aliphatic rings. The van der Waals surface area contributed by atoms with Crippen molar-refractivity contribution in [2.24, 2.45) is 11.8 Å². The van der Waals surface area contributed by atoms with Crippen LogP contribution in [0.4, 0.5) is 0 Å². The summed E-state index contributed by atoms with van der Waals surface area (Å²) in [4.78, 5) is 29.2. The van der Waals surface area contributed by atoms with E-state index in [0.717, 1.165) is 55.0 Å². The van der Waals surface area contributed by atoms with Gasteiger partial charge in [0, 0.05) is 54.8 Å². The molecule has 198 valence electrons. The lowest BCUT2D eigenvalue weighted by Gasteiger charge is -2.35. The molecule has 2 heterocycles. The second-order valence-corrected chi connectivity index (χ2v) is 12.9. The number of rotatable bonds is 9. The Hall–Kier alpha value is -2.19. The number of fused-ring (bicyclic) bond motifs is 1. The fourth-order valence-electron chi connectivity index (χ4n) is 6.13. The minimum Gasteiger partial charge on any atom is -0.344 e. The molecule has 1 aromatic heterocycles. The van der Waals surface area contributed by atoms with Crippen molar-refractivity contribution in [1.29, 1.82) is 0 Å². The largest absolute Gasteiger partial charge is 0.344 e. The summed E-state index contributed by atoms with van der Waals surface area (Å²) >= 11 is 0. The Kier molecular flexibility index (Phi) is 8.25. The molecule has 2 fully saturated rings. The second-order valence-electron chi connectivity index (χ2n) is 11.0. The molecule has 4 rings (SSSR count). The van der Waals surface area contributed by atoms with Crippen molar-refractivity contribution in [3.8, 4) is 0 Å². The van der Waals surface area contributed by atoms with E-state index >= 15 is 0 Å². The number of likely N-dealkylation sites (N-methyl/N-ethyl adjacent to an activating group) is 1. The highest BCUT2D eigenvalue weighted by Gasteiger charge is 2.39. The zero-order chi connectivity index (χ0) is 26.0. The molecule has 1 aromatic carbocycles. The Morgan fingerprint density at radius 1 is 1.11 bits per heavy atom. The summed E-state index contributed by atoms with van der Waals surface area (Å²) in [7, 11) is -1.60. The van der Waals surface area contributed by atoms with E-state index in [1.165, 1.54) is 12.7 Å². The number of benzene rings is 1. The van der Waals surface area contributed by atoms with Crippen LogP contribution in [0.5, 0.6) is 0 Å². The molecule has 8 heteroatoms. The van der Waals surface area contributed by atoms with E-state index in [0.29, 0.717) is 24.4 Å². The van der Waals surface area contributed by atoms with Crippen LogP contribution in [0.2, 0.25) is 0 Å².